The maximum Gasteiger partial charge on any atom is 0.311 e. The molecule has 1 fully saturated rings. The number of amides is 1. The highest BCUT2D eigenvalue weighted by atomic mass is 16.4. The van der Waals surface area contributed by atoms with E-state index in [9.17, 15) is 14.7 Å². The first-order valence-electron chi connectivity index (χ1n) is 7.22. The number of benzene rings is 1. The lowest BCUT2D eigenvalue weighted by Crippen LogP contribution is -2.41. The van der Waals surface area contributed by atoms with Crippen LogP contribution in [0, 0.1) is 11.8 Å². The zero-order chi connectivity index (χ0) is 14.3. The fraction of sp³-hybridized carbons (Fsp3) is 0.500. The minimum absolute atomic E-state index is 0.0458. The van der Waals surface area contributed by atoms with Crippen LogP contribution in [0.25, 0.3) is 0 Å². The number of aliphatic carboxylic acids is 1. The number of carboxylic acid groups (broad SMARTS) is 1. The molecule has 1 saturated carbocycles. The fourth-order valence-corrected chi connectivity index (χ4v) is 3.09. The van der Waals surface area contributed by atoms with E-state index in [1.165, 1.54) is 0 Å². The Morgan fingerprint density at radius 3 is 2.60 bits per heavy atom. The van der Waals surface area contributed by atoms with E-state index < -0.39 is 11.9 Å². The molecule has 1 aromatic carbocycles. The van der Waals surface area contributed by atoms with Gasteiger partial charge < -0.3 is 10.0 Å². The second kappa shape index (κ2) is 4.93. The molecule has 1 amide bonds. The van der Waals surface area contributed by atoms with Crippen molar-refractivity contribution in [2.75, 3.05) is 11.4 Å². The van der Waals surface area contributed by atoms with Crippen LogP contribution in [0.2, 0.25) is 0 Å². The summed E-state index contributed by atoms with van der Waals surface area (Å²) in [7, 11) is 0. The number of hydrogen-bond acceptors (Lipinski definition) is 2. The molecule has 1 heterocycles. The van der Waals surface area contributed by atoms with Gasteiger partial charge in [-0.3, -0.25) is 9.59 Å². The molecule has 4 nitrogen and oxygen atoms in total. The quantitative estimate of drug-likeness (QED) is 0.921. The number of nitrogens with zero attached hydrogens (tertiary/aromatic N) is 1. The number of hydrogen-bond donors (Lipinski definition) is 1. The summed E-state index contributed by atoms with van der Waals surface area (Å²) >= 11 is 0. The van der Waals surface area contributed by atoms with Crippen LogP contribution in [0.1, 0.15) is 37.7 Å². The topological polar surface area (TPSA) is 57.6 Å². The molecule has 4 heteroatoms. The predicted molar refractivity (Wildman–Crippen MR) is 75.7 cm³/mol. The Labute approximate surface area is 118 Å². The van der Waals surface area contributed by atoms with Gasteiger partial charge in [0.1, 0.15) is 0 Å². The summed E-state index contributed by atoms with van der Waals surface area (Å²) in [4.78, 5) is 25.7. The molecule has 0 saturated heterocycles. The molecule has 0 bridgehead atoms. The number of carbonyl (C=O) groups excluding carboxylic acids is 1. The van der Waals surface area contributed by atoms with E-state index in [4.69, 9.17) is 0 Å². The number of carboxylic acids is 1. The standard InChI is InChI=1S/C16H19NO3/c1-10(11-6-7-11)15(18)17-9-8-13(16(19)20)12-4-2-3-5-14(12)17/h2-5,10-11,13H,6-9H2,1H3,(H,19,20). The maximum atomic E-state index is 12.6. The number of para-hydroxylation sites is 1. The molecule has 1 aromatic rings. The van der Waals surface area contributed by atoms with Crippen molar-refractivity contribution in [3.63, 3.8) is 0 Å². The smallest absolute Gasteiger partial charge is 0.311 e. The van der Waals surface area contributed by atoms with Gasteiger partial charge in [-0.15, -0.1) is 0 Å². The van der Waals surface area contributed by atoms with Crippen LogP contribution in [0.3, 0.4) is 0 Å². The molecule has 1 aliphatic carbocycles. The van der Waals surface area contributed by atoms with E-state index in [1.54, 1.807) is 4.90 Å². The van der Waals surface area contributed by atoms with Gasteiger partial charge >= 0.3 is 5.97 Å². The number of fused-ring (bicyclic) bond motifs is 1. The Kier molecular flexibility index (Phi) is 3.24. The molecule has 20 heavy (non-hydrogen) atoms. The third kappa shape index (κ3) is 2.19. The molecular weight excluding hydrogens is 254 g/mol. The molecule has 2 aliphatic rings. The zero-order valence-corrected chi connectivity index (χ0v) is 11.6. The van der Waals surface area contributed by atoms with Gasteiger partial charge in [0.2, 0.25) is 5.91 Å². The molecule has 1 aliphatic heterocycles. The first-order valence-corrected chi connectivity index (χ1v) is 7.22. The summed E-state index contributed by atoms with van der Waals surface area (Å²) < 4.78 is 0. The molecule has 0 spiro atoms. The van der Waals surface area contributed by atoms with E-state index in [0.29, 0.717) is 18.9 Å². The zero-order valence-electron chi connectivity index (χ0n) is 11.6. The van der Waals surface area contributed by atoms with Crippen LogP contribution in [0.5, 0.6) is 0 Å². The van der Waals surface area contributed by atoms with Crippen molar-refractivity contribution in [3.05, 3.63) is 29.8 Å². The van der Waals surface area contributed by atoms with Crippen molar-refractivity contribution in [2.24, 2.45) is 11.8 Å². The van der Waals surface area contributed by atoms with Gasteiger partial charge in [-0.1, -0.05) is 25.1 Å². The van der Waals surface area contributed by atoms with Crippen LogP contribution < -0.4 is 4.90 Å². The van der Waals surface area contributed by atoms with E-state index in [-0.39, 0.29) is 11.8 Å². The third-order valence-electron chi connectivity index (χ3n) is 4.53. The second-order valence-electron chi connectivity index (χ2n) is 5.85. The van der Waals surface area contributed by atoms with Crippen LogP contribution in [0.15, 0.2) is 24.3 Å². The summed E-state index contributed by atoms with van der Waals surface area (Å²) in [6, 6.07) is 7.40. The maximum absolute atomic E-state index is 12.6. The summed E-state index contributed by atoms with van der Waals surface area (Å²) in [5, 5.41) is 9.31. The van der Waals surface area contributed by atoms with Gasteiger partial charge in [0.05, 0.1) is 5.92 Å². The van der Waals surface area contributed by atoms with Crippen molar-refractivity contribution in [3.8, 4) is 0 Å². The van der Waals surface area contributed by atoms with Crippen molar-refractivity contribution in [2.45, 2.75) is 32.1 Å². The Bertz CT molecular complexity index is 550. The van der Waals surface area contributed by atoms with Gasteiger partial charge in [-0.05, 0) is 36.8 Å². The van der Waals surface area contributed by atoms with Gasteiger partial charge in [0.15, 0.2) is 0 Å². The summed E-state index contributed by atoms with van der Waals surface area (Å²) in [5.41, 5.74) is 1.55. The Morgan fingerprint density at radius 2 is 1.95 bits per heavy atom. The molecule has 3 rings (SSSR count). The molecule has 0 aromatic heterocycles. The third-order valence-corrected chi connectivity index (χ3v) is 4.53. The number of rotatable bonds is 3. The lowest BCUT2D eigenvalue weighted by molar-refractivity contribution is -0.139. The normalized spacial score (nSPS) is 23.1. The highest BCUT2D eigenvalue weighted by molar-refractivity contribution is 5.97. The van der Waals surface area contributed by atoms with Crippen molar-refractivity contribution >= 4 is 17.6 Å². The number of anilines is 1. The van der Waals surface area contributed by atoms with Crippen molar-refractivity contribution in [1.82, 2.24) is 0 Å². The first kappa shape index (κ1) is 13.2. The van der Waals surface area contributed by atoms with Crippen LogP contribution >= 0.6 is 0 Å². The first-order chi connectivity index (χ1) is 9.59. The Balaban J connectivity index is 1.92. The van der Waals surface area contributed by atoms with Crippen LogP contribution in [0.4, 0.5) is 5.69 Å². The molecule has 106 valence electrons. The van der Waals surface area contributed by atoms with E-state index in [2.05, 4.69) is 0 Å². The monoisotopic (exact) mass is 273 g/mol. The van der Waals surface area contributed by atoms with Crippen LogP contribution in [-0.2, 0) is 9.59 Å². The average Bonchev–Trinajstić information content (AvgIpc) is 3.29. The summed E-state index contributed by atoms with van der Waals surface area (Å²) in [6.07, 6.45) is 2.77. The molecular formula is C16H19NO3. The van der Waals surface area contributed by atoms with E-state index >= 15 is 0 Å². The molecule has 2 atom stereocenters. The average molecular weight is 273 g/mol. The fourth-order valence-electron chi connectivity index (χ4n) is 3.09. The highest BCUT2D eigenvalue weighted by Gasteiger charge is 2.38. The van der Waals surface area contributed by atoms with Crippen molar-refractivity contribution < 1.29 is 14.7 Å². The largest absolute Gasteiger partial charge is 0.481 e. The van der Waals surface area contributed by atoms with E-state index in [1.807, 2.05) is 31.2 Å². The SMILES string of the molecule is CC(C(=O)N1CCC(C(=O)O)c2ccccc21)C1CC1. The second-order valence-corrected chi connectivity index (χ2v) is 5.85. The lowest BCUT2D eigenvalue weighted by Gasteiger charge is -2.34. The lowest BCUT2D eigenvalue weighted by atomic mass is 9.89. The van der Waals surface area contributed by atoms with Gasteiger partial charge in [0.25, 0.3) is 0 Å². The minimum Gasteiger partial charge on any atom is -0.481 e. The Hall–Kier alpha value is -1.84. The van der Waals surface area contributed by atoms with E-state index in [0.717, 1.165) is 24.1 Å². The number of carbonyl (C=O) groups is 2. The predicted octanol–water partition coefficient (Wildman–Crippen LogP) is 2.64. The molecule has 1 N–H and O–H groups in total. The van der Waals surface area contributed by atoms with Gasteiger partial charge in [0, 0.05) is 18.2 Å². The highest BCUT2D eigenvalue weighted by Crippen LogP contribution is 2.41. The Morgan fingerprint density at radius 1 is 1.25 bits per heavy atom. The summed E-state index contributed by atoms with van der Waals surface area (Å²) in [6.45, 7) is 2.50. The van der Waals surface area contributed by atoms with Crippen LogP contribution in [-0.4, -0.2) is 23.5 Å². The van der Waals surface area contributed by atoms with Gasteiger partial charge in [-0.2, -0.15) is 0 Å². The van der Waals surface area contributed by atoms with Crippen molar-refractivity contribution in [1.29, 1.82) is 0 Å². The minimum atomic E-state index is -0.806. The summed E-state index contributed by atoms with van der Waals surface area (Å²) in [5.74, 6) is -0.591. The molecule has 2 unspecified atom stereocenters. The van der Waals surface area contributed by atoms with Gasteiger partial charge in [-0.25, -0.2) is 0 Å². The molecule has 0 radical (unpaired) electrons.